The van der Waals surface area contributed by atoms with Crippen LogP contribution in [0, 0.1) is 24.0 Å². The van der Waals surface area contributed by atoms with Gasteiger partial charge in [0, 0.05) is 4.88 Å². The van der Waals surface area contributed by atoms with Gasteiger partial charge in [0.15, 0.2) is 11.7 Å². The Morgan fingerprint density at radius 3 is 2.59 bits per heavy atom. The number of anilines is 3. The molecule has 0 unspecified atom stereocenters. The molecule has 0 aliphatic heterocycles. The first kappa shape index (κ1) is 19.9. The first-order valence-corrected chi connectivity index (χ1v) is 9.19. The number of aryl methyl sites for hydroxylation is 2. The lowest BCUT2D eigenvalue weighted by atomic mass is 10.3. The fourth-order valence-electron chi connectivity index (χ4n) is 2.19. The molecule has 0 spiro atoms. The van der Waals surface area contributed by atoms with Gasteiger partial charge in [-0.05, 0) is 26.0 Å². The number of hydrogen-bond donors (Lipinski definition) is 3. The van der Waals surface area contributed by atoms with Crippen molar-refractivity contribution in [2.45, 2.75) is 13.8 Å². The molecule has 2 heterocycles. The van der Waals surface area contributed by atoms with Gasteiger partial charge in [0.25, 0.3) is 5.91 Å². The van der Waals surface area contributed by atoms with Gasteiger partial charge in [0.05, 0.1) is 10.6 Å². The smallest absolute Gasteiger partial charge is 0.355 e. The van der Waals surface area contributed by atoms with E-state index in [2.05, 4.69) is 31.1 Å². The maximum atomic E-state index is 12.0. The van der Waals surface area contributed by atoms with Gasteiger partial charge in [-0.15, -0.1) is 11.3 Å². The van der Waals surface area contributed by atoms with Crippen LogP contribution in [0.1, 0.15) is 10.6 Å². The lowest BCUT2D eigenvalue weighted by Gasteiger charge is -2.10. The van der Waals surface area contributed by atoms with Gasteiger partial charge < -0.3 is 10.1 Å². The molecular weight excluding hydrogens is 398 g/mol. The van der Waals surface area contributed by atoms with E-state index in [1.54, 1.807) is 24.3 Å². The molecule has 3 aromatic rings. The summed E-state index contributed by atoms with van der Waals surface area (Å²) in [7, 11) is 0. The summed E-state index contributed by atoms with van der Waals surface area (Å²) in [6.07, 6.45) is 1.14. The zero-order valence-corrected chi connectivity index (χ0v) is 16.3. The topological polar surface area (TPSA) is 144 Å². The highest BCUT2D eigenvalue weighted by atomic mass is 32.1. The van der Waals surface area contributed by atoms with Gasteiger partial charge in [-0.3, -0.25) is 25.8 Å². The molecule has 3 rings (SSSR count). The number of nitrogens with zero attached hydrogens (tertiary/aromatic N) is 4. The fourth-order valence-corrected chi connectivity index (χ4v) is 3.01. The number of nitrogens with one attached hydrogen (secondary N) is 3. The molecule has 0 aliphatic carbocycles. The Bertz CT molecular complexity index is 1010. The van der Waals surface area contributed by atoms with E-state index in [1.807, 2.05) is 19.9 Å². The molecule has 3 N–H and O–H groups in total. The molecule has 29 heavy (non-hydrogen) atoms. The number of benzene rings is 1. The van der Waals surface area contributed by atoms with Crippen molar-refractivity contribution in [1.82, 2.24) is 20.4 Å². The first-order chi connectivity index (χ1) is 13.9. The molecule has 150 valence electrons. The van der Waals surface area contributed by atoms with Gasteiger partial charge in [0.1, 0.15) is 12.1 Å². The average molecular weight is 415 g/mol. The van der Waals surface area contributed by atoms with E-state index >= 15 is 0 Å². The van der Waals surface area contributed by atoms with Gasteiger partial charge in [-0.25, -0.2) is 15.0 Å². The molecule has 1 aromatic carbocycles. The third-order valence-corrected chi connectivity index (χ3v) is 4.68. The second-order valence-electron chi connectivity index (χ2n) is 5.74. The third-order valence-electron chi connectivity index (χ3n) is 3.69. The second kappa shape index (κ2) is 8.93. The second-order valence-corrected chi connectivity index (χ2v) is 6.94. The Labute approximate surface area is 169 Å². The van der Waals surface area contributed by atoms with Crippen molar-refractivity contribution in [3.8, 4) is 5.75 Å². The standard InChI is InChI=1S/C17H17N7O4S/c1-10-11(2)29-17(20-10)21-15-14(24(26)27)16(19-9-18-15)23-22-13(25)8-28-12-6-4-3-5-7-12/h3-7,9H,8H2,1-2H3,(H,22,25)(H2,18,19,20,21,23). The molecule has 0 bridgehead atoms. The Kier molecular flexibility index (Phi) is 6.14. The minimum Gasteiger partial charge on any atom is -0.484 e. The summed E-state index contributed by atoms with van der Waals surface area (Å²) in [5.74, 6) is -0.236. The van der Waals surface area contributed by atoms with E-state index in [9.17, 15) is 14.9 Å². The number of thiazole rings is 1. The Morgan fingerprint density at radius 2 is 1.93 bits per heavy atom. The lowest BCUT2D eigenvalue weighted by Crippen LogP contribution is -2.34. The summed E-state index contributed by atoms with van der Waals surface area (Å²) < 4.78 is 5.31. The zero-order valence-electron chi connectivity index (χ0n) is 15.5. The highest BCUT2D eigenvalue weighted by Gasteiger charge is 2.24. The Hall–Kier alpha value is -3.80. The Balaban J connectivity index is 1.68. The van der Waals surface area contributed by atoms with Crippen molar-refractivity contribution >= 4 is 39.7 Å². The van der Waals surface area contributed by atoms with Crippen LogP contribution in [0.2, 0.25) is 0 Å². The molecule has 2 aromatic heterocycles. The van der Waals surface area contributed by atoms with Crippen LogP contribution in [-0.2, 0) is 4.79 Å². The fraction of sp³-hybridized carbons (Fsp3) is 0.176. The van der Waals surface area contributed by atoms with Crippen molar-refractivity contribution in [1.29, 1.82) is 0 Å². The highest BCUT2D eigenvalue weighted by Crippen LogP contribution is 2.32. The summed E-state index contributed by atoms with van der Waals surface area (Å²) in [4.78, 5) is 35.9. The van der Waals surface area contributed by atoms with Crippen molar-refractivity contribution < 1.29 is 14.5 Å². The van der Waals surface area contributed by atoms with Crippen LogP contribution in [0.25, 0.3) is 0 Å². The summed E-state index contributed by atoms with van der Waals surface area (Å²) in [6.45, 7) is 3.46. The number of rotatable bonds is 8. The summed E-state index contributed by atoms with van der Waals surface area (Å²) in [5, 5.41) is 14.8. The molecule has 0 aliphatic rings. The monoisotopic (exact) mass is 415 g/mol. The molecule has 0 saturated carbocycles. The molecule has 0 atom stereocenters. The number of carbonyl (C=O) groups excluding carboxylic acids is 1. The minimum absolute atomic E-state index is 0.0453. The number of ether oxygens (including phenoxy) is 1. The highest BCUT2D eigenvalue weighted by molar-refractivity contribution is 7.15. The van der Waals surface area contributed by atoms with Crippen LogP contribution in [0.15, 0.2) is 36.7 Å². The molecule has 0 fully saturated rings. The van der Waals surface area contributed by atoms with Gasteiger partial charge in [-0.2, -0.15) is 0 Å². The largest absolute Gasteiger partial charge is 0.484 e. The van der Waals surface area contributed by atoms with E-state index in [-0.39, 0.29) is 18.2 Å². The maximum absolute atomic E-state index is 12.0. The van der Waals surface area contributed by atoms with Crippen LogP contribution in [0.4, 0.5) is 22.5 Å². The van der Waals surface area contributed by atoms with Gasteiger partial charge in [0.2, 0.25) is 11.6 Å². The quantitative estimate of drug-likeness (QED) is 0.373. The van der Waals surface area contributed by atoms with E-state index in [0.717, 1.165) is 16.9 Å². The molecule has 0 saturated heterocycles. The predicted octanol–water partition coefficient (Wildman–Crippen LogP) is 2.72. The van der Waals surface area contributed by atoms with Crippen LogP contribution in [-0.4, -0.2) is 32.4 Å². The summed E-state index contributed by atoms with van der Waals surface area (Å²) in [5.41, 5.74) is 5.15. The van der Waals surface area contributed by atoms with Crippen LogP contribution in [0.3, 0.4) is 0 Å². The van der Waals surface area contributed by atoms with E-state index in [0.29, 0.717) is 10.9 Å². The van der Waals surface area contributed by atoms with Crippen LogP contribution >= 0.6 is 11.3 Å². The van der Waals surface area contributed by atoms with E-state index in [1.165, 1.54) is 11.3 Å². The van der Waals surface area contributed by atoms with Crippen molar-refractivity contribution in [3.63, 3.8) is 0 Å². The molecule has 12 heteroatoms. The SMILES string of the molecule is Cc1nc(Nc2ncnc(NNC(=O)COc3ccccc3)c2[N+](=O)[O-])sc1C. The maximum Gasteiger partial charge on any atom is 0.355 e. The van der Waals surface area contributed by atoms with Crippen LogP contribution < -0.4 is 20.9 Å². The van der Waals surface area contributed by atoms with Gasteiger partial charge in [-0.1, -0.05) is 18.2 Å². The van der Waals surface area contributed by atoms with Gasteiger partial charge >= 0.3 is 5.69 Å². The first-order valence-electron chi connectivity index (χ1n) is 8.37. The molecule has 11 nitrogen and oxygen atoms in total. The Morgan fingerprint density at radius 1 is 1.21 bits per heavy atom. The molecule has 1 amide bonds. The number of hydrogen-bond acceptors (Lipinski definition) is 10. The number of carbonyl (C=O) groups is 1. The van der Waals surface area contributed by atoms with Crippen LogP contribution in [0.5, 0.6) is 5.75 Å². The average Bonchev–Trinajstić information content (AvgIpc) is 3.02. The number of hydrazine groups is 1. The number of aromatic nitrogens is 3. The van der Waals surface area contributed by atoms with Crippen molar-refractivity contribution in [2.75, 3.05) is 17.3 Å². The zero-order chi connectivity index (χ0) is 20.8. The summed E-state index contributed by atoms with van der Waals surface area (Å²) in [6, 6.07) is 8.78. The predicted molar refractivity (Wildman–Crippen MR) is 107 cm³/mol. The third kappa shape index (κ3) is 5.13. The summed E-state index contributed by atoms with van der Waals surface area (Å²) >= 11 is 1.35. The number of nitro groups is 1. The number of amides is 1. The number of para-hydroxylation sites is 1. The minimum atomic E-state index is -0.648. The molecule has 0 radical (unpaired) electrons. The van der Waals surface area contributed by atoms with Crippen molar-refractivity contribution in [3.05, 3.63) is 57.3 Å². The van der Waals surface area contributed by atoms with Crippen molar-refractivity contribution in [2.24, 2.45) is 0 Å². The normalized spacial score (nSPS) is 10.3. The lowest BCUT2D eigenvalue weighted by molar-refractivity contribution is -0.383. The van der Waals surface area contributed by atoms with E-state index in [4.69, 9.17) is 4.74 Å². The van der Waals surface area contributed by atoms with E-state index < -0.39 is 16.5 Å². The molecular formula is C17H17N7O4S.